The number of azo groups is 1. The molecule has 0 saturated heterocycles. The first kappa shape index (κ1) is 26.7. The number of carbonyl (C=O) groups excluding carboxylic acids is 1. The van der Waals surface area contributed by atoms with Crippen LogP contribution in [-0.4, -0.2) is 66.5 Å². The van der Waals surface area contributed by atoms with E-state index < -0.39 is 41.7 Å². The van der Waals surface area contributed by atoms with Crippen molar-refractivity contribution in [2.24, 2.45) is 10.2 Å². The molecule has 0 aliphatic carbocycles. The molecule has 0 atom stereocenters. The Morgan fingerprint density at radius 3 is 2.21 bits per heavy atom. The molecule has 0 aliphatic rings. The summed E-state index contributed by atoms with van der Waals surface area (Å²) in [5.74, 6) is -1.05. The van der Waals surface area contributed by atoms with E-state index in [1.165, 1.54) is 31.2 Å². The van der Waals surface area contributed by atoms with Crippen LogP contribution in [0, 0.1) is 0 Å². The average Bonchev–Trinajstić information content (AvgIpc) is 2.66. The van der Waals surface area contributed by atoms with Gasteiger partial charge in [0.15, 0.2) is 0 Å². The van der Waals surface area contributed by atoms with E-state index in [4.69, 9.17) is 5.73 Å². The van der Waals surface area contributed by atoms with E-state index in [0.29, 0.717) is 0 Å². The van der Waals surface area contributed by atoms with Gasteiger partial charge < -0.3 is 16.2 Å². The van der Waals surface area contributed by atoms with Crippen LogP contribution in [0.2, 0.25) is 0 Å². The van der Waals surface area contributed by atoms with E-state index in [-0.39, 0.29) is 63.1 Å². The van der Waals surface area contributed by atoms with Crippen LogP contribution in [0.3, 0.4) is 0 Å². The molecule has 1 radical (unpaired) electrons. The molecule has 3 aromatic carbocycles. The van der Waals surface area contributed by atoms with Gasteiger partial charge in [0.25, 0.3) is 20.2 Å². The number of anilines is 2. The molecule has 3 aromatic rings. The van der Waals surface area contributed by atoms with Crippen LogP contribution in [0.15, 0.2) is 62.5 Å². The first-order valence-corrected chi connectivity index (χ1v) is 11.5. The van der Waals surface area contributed by atoms with Crippen molar-refractivity contribution in [1.29, 1.82) is 0 Å². The fourth-order valence-corrected chi connectivity index (χ4v) is 4.04. The van der Waals surface area contributed by atoms with Gasteiger partial charge in [-0.2, -0.15) is 16.8 Å². The van der Waals surface area contributed by atoms with Gasteiger partial charge in [0.1, 0.15) is 22.0 Å². The molecule has 169 valence electrons. The molecule has 0 spiro atoms. The number of phenols is 1. The van der Waals surface area contributed by atoms with E-state index in [1.807, 2.05) is 0 Å². The number of amides is 1. The van der Waals surface area contributed by atoms with Crippen molar-refractivity contribution in [3.63, 3.8) is 0 Å². The Bertz CT molecular complexity index is 1510. The number of aromatic hydroxyl groups is 1. The Hall–Kier alpha value is -2.59. The summed E-state index contributed by atoms with van der Waals surface area (Å²) in [7, 11) is -9.36. The molecule has 3 rings (SSSR count). The summed E-state index contributed by atoms with van der Waals surface area (Å²) in [6.07, 6.45) is 0. The maximum Gasteiger partial charge on any atom is 0.296 e. The molecule has 0 aromatic heterocycles. The Balaban J connectivity index is 0.00000385. The quantitative estimate of drug-likeness (QED) is 0.150. The number of hydrogen-bond acceptors (Lipinski definition) is 9. The van der Waals surface area contributed by atoms with Gasteiger partial charge in [-0.3, -0.25) is 13.9 Å². The van der Waals surface area contributed by atoms with Crippen molar-refractivity contribution in [3.05, 3.63) is 42.5 Å². The molecular formula is C18H16N4NaO8S2. The number of nitrogens with two attached hydrogens (primary N) is 1. The van der Waals surface area contributed by atoms with E-state index in [9.17, 15) is 35.8 Å². The Morgan fingerprint density at radius 2 is 1.64 bits per heavy atom. The predicted molar refractivity (Wildman–Crippen MR) is 120 cm³/mol. The Morgan fingerprint density at radius 1 is 0.970 bits per heavy atom. The summed E-state index contributed by atoms with van der Waals surface area (Å²) in [4.78, 5) is 9.99. The Labute approximate surface area is 210 Å². The van der Waals surface area contributed by atoms with Crippen molar-refractivity contribution >= 4 is 89.2 Å². The molecule has 0 saturated carbocycles. The number of hydrogen-bond donors (Lipinski definition) is 5. The molecule has 33 heavy (non-hydrogen) atoms. The van der Waals surface area contributed by atoms with Crippen molar-refractivity contribution in [3.8, 4) is 5.75 Å². The molecule has 15 heteroatoms. The van der Waals surface area contributed by atoms with Crippen LogP contribution < -0.4 is 11.1 Å². The zero-order valence-electron chi connectivity index (χ0n) is 17.2. The fourth-order valence-electron chi connectivity index (χ4n) is 2.86. The number of nitrogens with zero attached hydrogens (tertiary/aromatic N) is 2. The number of nitrogen functional groups attached to an aromatic ring is 1. The third-order valence-corrected chi connectivity index (χ3v) is 5.90. The van der Waals surface area contributed by atoms with E-state index >= 15 is 0 Å². The number of phenolic OH excluding ortho intramolecular Hbond substituents is 1. The van der Waals surface area contributed by atoms with Gasteiger partial charge in [0.05, 0.1) is 16.0 Å². The third-order valence-electron chi connectivity index (χ3n) is 4.19. The van der Waals surface area contributed by atoms with Crippen molar-refractivity contribution in [2.45, 2.75) is 16.7 Å². The van der Waals surface area contributed by atoms with Gasteiger partial charge in [-0.05, 0) is 35.7 Å². The summed E-state index contributed by atoms with van der Waals surface area (Å²) >= 11 is 0. The van der Waals surface area contributed by atoms with Gasteiger partial charge in [0.2, 0.25) is 5.91 Å². The zero-order valence-corrected chi connectivity index (χ0v) is 20.8. The number of nitrogens with one attached hydrogen (secondary N) is 1. The third kappa shape index (κ3) is 6.05. The monoisotopic (exact) mass is 503 g/mol. The molecule has 0 aliphatic heterocycles. The topological polar surface area (TPSA) is 209 Å². The minimum absolute atomic E-state index is 0. The fraction of sp³-hybridized carbons (Fsp3) is 0.0556. The largest absolute Gasteiger partial charge is 0.507 e. The SMILES string of the molecule is CC(=O)Nc1ccc(N=Nc2c(N)ccc3cc(S(=O)(=O)O)cc(O)c23)c(S(=O)(=O)O)c1.[Na]. The maximum atomic E-state index is 11.8. The first-order chi connectivity index (χ1) is 14.8. The molecule has 12 nitrogen and oxygen atoms in total. The molecule has 1 amide bonds. The van der Waals surface area contributed by atoms with Crippen LogP contribution in [0.25, 0.3) is 10.8 Å². The molecule has 0 heterocycles. The average molecular weight is 503 g/mol. The second kappa shape index (κ2) is 9.72. The van der Waals surface area contributed by atoms with Crippen molar-refractivity contribution in [2.75, 3.05) is 11.1 Å². The summed E-state index contributed by atoms with van der Waals surface area (Å²) in [6.45, 7) is 1.21. The summed E-state index contributed by atoms with van der Waals surface area (Å²) in [5, 5.41) is 20.5. The van der Waals surface area contributed by atoms with Crippen LogP contribution >= 0.6 is 0 Å². The number of fused-ring (bicyclic) bond motifs is 1. The number of rotatable bonds is 5. The predicted octanol–water partition coefficient (Wildman–Crippen LogP) is 2.61. The normalized spacial score (nSPS) is 12.0. The summed E-state index contributed by atoms with van der Waals surface area (Å²) < 4.78 is 65.0. The van der Waals surface area contributed by atoms with E-state index in [2.05, 4.69) is 15.5 Å². The number of benzene rings is 3. The smallest absolute Gasteiger partial charge is 0.296 e. The minimum Gasteiger partial charge on any atom is -0.507 e. The van der Waals surface area contributed by atoms with Gasteiger partial charge in [-0.25, -0.2) is 0 Å². The molecule has 0 unspecified atom stereocenters. The molecular weight excluding hydrogens is 487 g/mol. The molecule has 0 bridgehead atoms. The zero-order chi connectivity index (χ0) is 23.8. The van der Waals surface area contributed by atoms with Crippen molar-refractivity contribution in [1.82, 2.24) is 0 Å². The molecule has 0 fully saturated rings. The number of carbonyl (C=O) groups is 1. The maximum absolute atomic E-state index is 11.8. The van der Waals surface area contributed by atoms with Crippen molar-refractivity contribution < 1.29 is 35.8 Å². The second-order valence-electron chi connectivity index (χ2n) is 6.56. The summed E-state index contributed by atoms with van der Waals surface area (Å²) in [6, 6.07) is 8.07. The van der Waals surface area contributed by atoms with Gasteiger partial charge in [-0.15, -0.1) is 10.2 Å². The summed E-state index contributed by atoms with van der Waals surface area (Å²) in [5.41, 5.74) is 5.58. The van der Waals surface area contributed by atoms with Crippen LogP contribution in [0.5, 0.6) is 5.75 Å². The van der Waals surface area contributed by atoms with Crippen LogP contribution in [-0.2, 0) is 25.0 Å². The minimum atomic E-state index is -4.76. The van der Waals surface area contributed by atoms with E-state index in [1.54, 1.807) is 0 Å². The van der Waals surface area contributed by atoms with Crippen LogP contribution in [0.1, 0.15) is 6.92 Å². The van der Waals surface area contributed by atoms with Gasteiger partial charge >= 0.3 is 0 Å². The van der Waals surface area contributed by atoms with Gasteiger partial charge in [-0.1, -0.05) is 6.07 Å². The van der Waals surface area contributed by atoms with Crippen LogP contribution in [0.4, 0.5) is 22.7 Å². The van der Waals surface area contributed by atoms with E-state index in [0.717, 1.165) is 18.2 Å². The Kier molecular flexibility index (Phi) is 7.86. The standard InChI is InChI=1S/C18H16N4O8S2.Na/c1-9(23)20-11-3-5-14(16(7-11)32(28,29)30)21-22-18-13(19)4-2-10-6-12(31(25,26)27)8-15(24)17(10)18;/h2-8,24H,19H2,1H3,(H,20,23)(H,25,26,27)(H,28,29,30);. The molecule has 6 N–H and O–H groups in total. The second-order valence-corrected chi connectivity index (χ2v) is 9.37. The first-order valence-electron chi connectivity index (χ1n) is 8.61. The van der Waals surface area contributed by atoms with Gasteiger partial charge in [0, 0.05) is 48.2 Å².